The van der Waals surface area contributed by atoms with Crippen molar-refractivity contribution in [2.45, 2.75) is 11.8 Å². The predicted molar refractivity (Wildman–Crippen MR) is 86.1 cm³/mol. The first-order chi connectivity index (χ1) is 9.72. The third-order valence-corrected chi connectivity index (χ3v) is 5.79. The van der Waals surface area contributed by atoms with Crippen LogP contribution in [0.15, 0.2) is 39.7 Å². The van der Waals surface area contributed by atoms with Gasteiger partial charge in [0, 0.05) is 10.2 Å². The van der Waals surface area contributed by atoms with Gasteiger partial charge < -0.3 is 0 Å². The van der Waals surface area contributed by atoms with E-state index in [1.165, 1.54) is 0 Å². The average molecular weight is 413 g/mol. The molecule has 0 bridgehead atoms. The molecular weight excluding hydrogens is 404 g/mol. The Morgan fingerprint density at radius 3 is 2.48 bits per heavy atom. The predicted octanol–water partition coefficient (Wildman–Crippen LogP) is 5.00. The molecule has 8 heteroatoms. The molecule has 0 aliphatic carbocycles. The molecule has 0 aromatic heterocycles. The minimum atomic E-state index is -4.01. The molecule has 0 aliphatic rings. The van der Waals surface area contributed by atoms with Gasteiger partial charge in [0.25, 0.3) is 10.0 Å². The highest BCUT2D eigenvalue weighted by Gasteiger charge is 2.22. The molecule has 0 fully saturated rings. The molecule has 0 unspecified atom stereocenters. The Balaban J connectivity index is 2.43. The number of rotatable bonds is 3. The minimum absolute atomic E-state index is 0.238. The summed E-state index contributed by atoms with van der Waals surface area (Å²) in [5.74, 6) is -0.965. The Bertz CT molecular complexity index is 812. The van der Waals surface area contributed by atoms with Crippen molar-refractivity contribution in [2.75, 3.05) is 4.72 Å². The van der Waals surface area contributed by atoms with Gasteiger partial charge in [-0.3, -0.25) is 4.72 Å². The molecule has 0 aliphatic heterocycles. The molecule has 3 nitrogen and oxygen atoms in total. The van der Waals surface area contributed by atoms with Crippen LogP contribution < -0.4 is 4.72 Å². The van der Waals surface area contributed by atoms with Crippen molar-refractivity contribution in [3.8, 4) is 0 Å². The fourth-order valence-electron chi connectivity index (χ4n) is 1.63. The summed E-state index contributed by atoms with van der Waals surface area (Å²) in [4.78, 5) is -0.369. The van der Waals surface area contributed by atoms with E-state index in [4.69, 9.17) is 23.2 Å². The van der Waals surface area contributed by atoms with E-state index in [0.717, 1.165) is 22.2 Å². The number of benzene rings is 2. The van der Waals surface area contributed by atoms with E-state index >= 15 is 0 Å². The number of sulfonamides is 1. The maximum absolute atomic E-state index is 13.6. The van der Waals surface area contributed by atoms with Gasteiger partial charge in [-0.25, -0.2) is 12.8 Å². The van der Waals surface area contributed by atoms with Crippen LogP contribution in [-0.4, -0.2) is 8.42 Å². The van der Waals surface area contributed by atoms with Crippen molar-refractivity contribution < 1.29 is 12.8 Å². The Kier molecular flexibility index (Phi) is 4.82. The van der Waals surface area contributed by atoms with Crippen molar-refractivity contribution in [2.24, 2.45) is 0 Å². The topological polar surface area (TPSA) is 46.2 Å². The lowest BCUT2D eigenvalue weighted by Gasteiger charge is -2.11. The molecule has 0 spiro atoms. The molecule has 0 heterocycles. The first kappa shape index (κ1) is 16.5. The van der Waals surface area contributed by atoms with Gasteiger partial charge in [0.2, 0.25) is 0 Å². The van der Waals surface area contributed by atoms with Crippen molar-refractivity contribution >= 4 is 54.8 Å². The van der Waals surface area contributed by atoms with Gasteiger partial charge in [0.05, 0.1) is 10.0 Å². The first-order valence-electron chi connectivity index (χ1n) is 5.65. The Morgan fingerprint density at radius 2 is 1.86 bits per heavy atom. The van der Waals surface area contributed by atoms with E-state index in [-0.39, 0.29) is 9.92 Å². The lowest BCUT2D eigenvalue weighted by Crippen LogP contribution is -2.14. The number of nitrogens with one attached hydrogen (secondary N) is 1. The molecular formula is C13H9BrCl2FNO2S. The smallest absolute Gasteiger partial charge is 0.263 e. The highest BCUT2D eigenvalue weighted by atomic mass is 79.9. The zero-order valence-electron chi connectivity index (χ0n) is 10.6. The third kappa shape index (κ3) is 3.51. The quantitative estimate of drug-likeness (QED) is 0.720. The molecule has 0 saturated carbocycles. The number of hydrogen-bond donors (Lipinski definition) is 1. The normalized spacial score (nSPS) is 11.5. The molecule has 0 radical (unpaired) electrons. The molecule has 21 heavy (non-hydrogen) atoms. The highest BCUT2D eigenvalue weighted by molar-refractivity contribution is 9.10. The van der Waals surface area contributed by atoms with Gasteiger partial charge in [-0.2, -0.15) is 0 Å². The zero-order chi connectivity index (χ0) is 15.8. The van der Waals surface area contributed by atoms with Crippen LogP contribution in [0.5, 0.6) is 0 Å². The summed E-state index contributed by atoms with van der Waals surface area (Å²) in [6.45, 7) is 1.82. The van der Waals surface area contributed by atoms with Crippen molar-refractivity contribution in [1.29, 1.82) is 0 Å². The number of anilines is 1. The second kappa shape index (κ2) is 6.12. The van der Waals surface area contributed by atoms with E-state index < -0.39 is 20.9 Å². The van der Waals surface area contributed by atoms with Crippen LogP contribution in [0.25, 0.3) is 0 Å². The molecule has 0 saturated heterocycles. The molecule has 2 aromatic rings. The van der Waals surface area contributed by atoms with Gasteiger partial charge >= 0.3 is 0 Å². The molecule has 1 N–H and O–H groups in total. The van der Waals surface area contributed by atoms with Crippen molar-refractivity contribution in [3.05, 3.63) is 56.2 Å². The maximum atomic E-state index is 13.6. The first-order valence-corrected chi connectivity index (χ1v) is 8.68. The van der Waals surface area contributed by atoms with Crippen LogP contribution in [0.3, 0.4) is 0 Å². The van der Waals surface area contributed by atoms with Gasteiger partial charge in [-0.15, -0.1) is 0 Å². The maximum Gasteiger partial charge on any atom is 0.263 e. The fraction of sp³-hybridized carbons (Fsp3) is 0.0769. The van der Waals surface area contributed by atoms with Crippen LogP contribution in [0, 0.1) is 12.7 Å². The lowest BCUT2D eigenvalue weighted by molar-refractivity contribution is 0.595. The van der Waals surface area contributed by atoms with Crippen molar-refractivity contribution in [1.82, 2.24) is 0 Å². The minimum Gasteiger partial charge on any atom is -0.280 e. The highest BCUT2D eigenvalue weighted by Crippen LogP contribution is 2.31. The summed E-state index contributed by atoms with van der Waals surface area (Å²) >= 11 is 14.6. The van der Waals surface area contributed by atoms with Crippen LogP contribution >= 0.6 is 39.1 Å². The zero-order valence-corrected chi connectivity index (χ0v) is 14.5. The van der Waals surface area contributed by atoms with Crippen LogP contribution in [0.4, 0.5) is 10.1 Å². The Hall–Kier alpha value is -0.820. The van der Waals surface area contributed by atoms with Gasteiger partial charge in [-0.1, -0.05) is 39.1 Å². The standard InChI is InChI=1S/C13H9BrCl2FNO2S/c1-7-6-8(2-3-9(7)14)18-21(19,20)11-5-4-10(15)13(17)12(11)16/h2-6,18H,1H3. The third-order valence-electron chi connectivity index (χ3n) is 2.70. The van der Waals surface area contributed by atoms with E-state index in [9.17, 15) is 12.8 Å². The summed E-state index contributed by atoms with van der Waals surface area (Å²) in [6.07, 6.45) is 0. The van der Waals surface area contributed by atoms with E-state index in [0.29, 0.717) is 5.69 Å². The van der Waals surface area contributed by atoms with Gasteiger partial charge in [-0.05, 0) is 42.8 Å². The summed E-state index contributed by atoms with van der Waals surface area (Å²) in [6, 6.07) is 7.22. The second-order valence-electron chi connectivity index (χ2n) is 4.24. The second-order valence-corrected chi connectivity index (χ2v) is 7.53. The van der Waals surface area contributed by atoms with Gasteiger partial charge in [0.1, 0.15) is 4.90 Å². The summed E-state index contributed by atoms with van der Waals surface area (Å²) in [7, 11) is -4.01. The van der Waals surface area contributed by atoms with Crippen LogP contribution in [0.1, 0.15) is 5.56 Å². The summed E-state index contributed by atoms with van der Waals surface area (Å²) in [5, 5.41) is -0.776. The van der Waals surface area contributed by atoms with E-state index in [1.807, 2.05) is 6.92 Å². The molecule has 0 amide bonds. The number of hydrogen-bond acceptors (Lipinski definition) is 2. The summed E-state index contributed by atoms with van der Waals surface area (Å²) < 4.78 is 41.3. The Labute approximate surface area is 140 Å². The van der Waals surface area contributed by atoms with Crippen LogP contribution in [-0.2, 0) is 10.0 Å². The average Bonchev–Trinajstić information content (AvgIpc) is 2.39. The Morgan fingerprint density at radius 1 is 1.19 bits per heavy atom. The number of halogens is 4. The number of aryl methyl sites for hydroxylation is 1. The molecule has 0 atom stereocenters. The van der Waals surface area contributed by atoms with E-state index in [2.05, 4.69) is 20.7 Å². The largest absolute Gasteiger partial charge is 0.280 e. The lowest BCUT2D eigenvalue weighted by atomic mass is 10.2. The summed E-state index contributed by atoms with van der Waals surface area (Å²) in [5.41, 5.74) is 1.20. The molecule has 112 valence electrons. The van der Waals surface area contributed by atoms with Crippen molar-refractivity contribution in [3.63, 3.8) is 0 Å². The molecule has 2 aromatic carbocycles. The fourth-order valence-corrected chi connectivity index (χ4v) is 3.68. The van der Waals surface area contributed by atoms with Crippen LogP contribution in [0.2, 0.25) is 10.0 Å². The monoisotopic (exact) mass is 411 g/mol. The SMILES string of the molecule is Cc1cc(NS(=O)(=O)c2ccc(Cl)c(F)c2Cl)ccc1Br. The van der Waals surface area contributed by atoms with Gasteiger partial charge in [0.15, 0.2) is 5.82 Å². The molecule has 2 rings (SSSR count). The van der Waals surface area contributed by atoms with E-state index in [1.54, 1.807) is 18.2 Å².